The molecule has 0 radical (unpaired) electrons. The van der Waals surface area contributed by atoms with Crippen molar-refractivity contribution in [3.05, 3.63) is 23.8 Å². The minimum Gasteiger partial charge on any atom is -0.490 e. The Hall–Kier alpha value is -1.82. The highest BCUT2D eigenvalue weighted by Gasteiger charge is 2.15. The lowest BCUT2D eigenvalue weighted by Crippen LogP contribution is -2.30. The number of carbonyl (C=O) groups excluding carboxylic acids is 1. The average molecular weight is 310 g/mol. The summed E-state index contributed by atoms with van der Waals surface area (Å²) >= 11 is 4.82. The second-order valence-corrected chi connectivity index (χ2v) is 4.99. The van der Waals surface area contributed by atoms with Gasteiger partial charge >= 0.3 is 0 Å². The van der Waals surface area contributed by atoms with Gasteiger partial charge in [0.05, 0.1) is 18.2 Å². The van der Waals surface area contributed by atoms with Gasteiger partial charge < -0.3 is 20.1 Å². The number of thiocarbonyl (C=S) groups is 1. The third-order valence-corrected chi connectivity index (χ3v) is 3.03. The van der Waals surface area contributed by atoms with E-state index in [1.54, 1.807) is 30.1 Å². The molecule has 0 atom stereocenters. The maximum Gasteiger partial charge on any atom is 0.253 e. The highest BCUT2D eigenvalue weighted by atomic mass is 32.1. The van der Waals surface area contributed by atoms with E-state index in [1.807, 2.05) is 13.8 Å². The number of benzene rings is 1. The van der Waals surface area contributed by atoms with Gasteiger partial charge in [-0.3, -0.25) is 4.79 Å². The van der Waals surface area contributed by atoms with Gasteiger partial charge in [0.1, 0.15) is 0 Å². The molecule has 0 aliphatic heterocycles. The first kappa shape index (κ1) is 17.2. The van der Waals surface area contributed by atoms with Crippen LogP contribution in [-0.2, 0) is 0 Å². The van der Waals surface area contributed by atoms with Crippen LogP contribution in [0.25, 0.3) is 0 Å². The van der Waals surface area contributed by atoms with E-state index in [-0.39, 0.29) is 5.91 Å². The summed E-state index contributed by atoms with van der Waals surface area (Å²) in [4.78, 5) is 14.3. The Labute approximate surface area is 131 Å². The monoisotopic (exact) mass is 310 g/mol. The zero-order valence-electron chi connectivity index (χ0n) is 12.7. The average Bonchev–Trinajstić information content (AvgIpc) is 2.46. The van der Waals surface area contributed by atoms with E-state index < -0.39 is 0 Å². The molecule has 0 spiro atoms. The molecule has 2 N–H and O–H groups in total. The maximum atomic E-state index is 12.3. The summed E-state index contributed by atoms with van der Waals surface area (Å²) in [6.07, 6.45) is 0.507. The van der Waals surface area contributed by atoms with Crippen LogP contribution in [0.4, 0.5) is 0 Å². The molecule has 1 aromatic carbocycles. The van der Waals surface area contributed by atoms with Gasteiger partial charge in [0.2, 0.25) is 0 Å². The Morgan fingerprint density at radius 3 is 2.43 bits per heavy atom. The van der Waals surface area contributed by atoms with Crippen LogP contribution in [0.3, 0.4) is 0 Å². The fraction of sp³-hybridized carbons (Fsp3) is 0.467. The highest BCUT2D eigenvalue weighted by Crippen LogP contribution is 2.28. The third kappa shape index (κ3) is 5.23. The summed E-state index contributed by atoms with van der Waals surface area (Å²) in [6.45, 7) is 5.33. The molecule has 116 valence electrons. The van der Waals surface area contributed by atoms with E-state index in [1.165, 1.54) is 0 Å². The summed E-state index contributed by atoms with van der Waals surface area (Å²) in [5.41, 5.74) is 6.00. The minimum atomic E-state index is -0.102. The van der Waals surface area contributed by atoms with Crippen LogP contribution in [0.15, 0.2) is 18.2 Å². The Kier molecular flexibility index (Phi) is 6.94. The molecule has 0 fully saturated rings. The summed E-state index contributed by atoms with van der Waals surface area (Å²) in [7, 11) is 1.72. The number of carbonyl (C=O) groups is 1. The Balaban J connectivity index is 2.88. The van der Waals surface area contributed by atoms with Crippen molar-refractivity contribution in [3.8, 4) is 11.5 Å². The predicted molar refractivity (Wildman–Crippen MR) is 87.1 cm³/mol. The standard InChI is InChI=1S/C15H22N2O3S/c1-4-19-12-7-6-11(10-13(12)20-5-2)15(18)17(3)9-8-14(16)21/h6-7,10H,4-5,8-9H2,1-3H3,(H2,16,21). The molecule has 0 unspecified atom stereocenters. The third-order valence-electron chi connectivity index (χ3n) is 2.83. The van der Waals surface area contributed by atoms with Crippen LogP contribution in [0.5, 0.6) is 11.5 Å². The molecule has 1 amide bonds. The molecule has 0 heterocycles. The molecule has 0 saturated heterocycles. The van der Waals surface area contributed by atoms with Gasteiger partial charge in [-0.25, -0.2) is 0 Å². The van der Waals surface area contributed by atoms with Crippen LogP contribution in [0, 0.1) is 0 Å². The number of hydrogen-bond donors (Lipinski definition) is 1. The summed E-state index contributed by atoms with van der Waals surface area (Å²) < 4.78 is 11.0. The molecule has 0 bridgehead atoms. The van der Waals surface area contributed by atoms with Crippen molar-refractivity contribution in [2.24, 2.45) is 5.73 Å². The van der Waals surface area contributed by atoms with Gasteiger partial charge in [-0.2, -0.15) is 0 Å². The van der Waals surface area contributed by atoms with E-state index in [9.17, 15) is 4.79 Å². The molecule has 1 aromatic rings. The summed E-state index contributed by atoms with van der Waals surface area (Å²) in [5.74, 6) is 1.12. The molecule has 0 aliphatic carbocycles. The normalized spacial score (nSPS) is 10.0. The lowest BCUT2D eigenvalue weighted by molar-refractivity contribution is 0.0798. The first-order valence-corrected chi connectivity index (χ1v) is 7.33. The van der Waals surface area contributed by atoms with Crippen molar-refractivity contribution >= 4 is 23.1 Å². The smallest absolute Gasteiger partial charge is 0.253 e. The van der Waals surface area contributed by atoms with Crippen LogP contribution in [-0.4, -0.2) is 42.6 Å². The second-order valence-electron chi connectivity index (χ2n) is 4.47. The first-order chi connectivity index (χ1) is 9.99. The van der Waals surface area contributed by atoms with Gasteiger partial charge in [0, 0.05) is 25.6 Å². The molecule has 5 nitrogen and oxygen atoms in total. The molecule has 0 saturated carbocycles. The lowest BCUT2D eigenvalue weighted by atomic mass is 10.1. The van der Waals surface area contributed by atoms with Crippen LogP contribution in [0.1, 0.15) is 30.6 Å². The molecule has 1 rings (SSSR count). The number of ether oxygens (including phenoxy) is 2. The first-order valence-electron chi connectivity index (χ1n) is 6.93. The second kappa shape index (κ2) is 8.46. The van der Waals surface area contributed by atoms with E-state index in [2.05, 4.69) is 0 Å². The largest absolute Gasteiger partial charge is 0.490 e. The van der Waals surface area contributed by atoms with E-state index >= 15 is 0 Å². The fourth-order valence-corrected chi connectivity index (χ4v) is 1.88. The summed E-state index contributed by atoms with van der Waals surface area (Å²) in [5, 5.41) is 0. The highest BCUT2D eigenvalue weighted by molar-refractivity contribution is 7.80. The van der Waals surface area contributed by atoms with Crippen molar-refractivity contribution in [3.63, 3.8) is 0 Å². The number of amides is 1. The topological polar surface area (TPSA) is 64.8 Å². The predicted octanol–water partition coefficient (Wildman–Crippen LogP) is 2.23. The van der Waals surface area contributed by atoms with Crippen molar-refractivity contribution in [1.29, 1.82) is 0 Å². The van der Waals surface area contributed by atoms with Gasteiger partial charge in [0.25, 0.3) is 5.91 Å². The quantitative estimate of drug-likeness (QED) is 0.746. The SMILES string of the molecule is CCOc1ccc(C(=O)N(C)CCC(N)=S)cc1OCC. The lowest BCUT2D eigenvalue weighted by Gasteiger charge is -2.18. The number of rotatable bonds is 8. The van der Waals surface area contributed by atoms with Gasteiger partial charge in [-0.05, 0) is 32.0 Å². The molecule has 0 aromatic heterocycles. The number of hydrogen-bond acceptors (Lipinski definition) is 4. The zero-order chi connectivity index (χ0) is 15.8. The zero-order valence-corrected chi connectivity index (χ0v) is 13.5. The van der Waals surface area contributed by atoms with Crippen molar-refractivity contribution in [1.82, 2.24) is 4.90 Å². The van der Waals surface area contributed by atoms with E-state index in [4.69, 9.17) is 27.4 Å². The van der Waals surface area contributed by atoms with Gasteiger partial charge in [-0.15, -0.1) is 0 Å². The summed E-state index contributed by atoms with van der Waals surface area (Å²) in [6, 6.07) is 5.18. The van der Waals surface area contributed by atoms with Gasteiger partial charge in [-0.1, -0.05) is 12.2 Å². The molecule has 6 heteroatoms. The fourth-order valence-electron chi connectivity index (χ4n) is 1.78. The van der Waals surface area contributed by atoms with Crippen molar-refractivity contribution in [2.75, 3.05) is 26.8 Å². The maximum absolute atomic E-state index is 12.3. The Morgan fingerprint density at radius 1 is 1.24 bits per heavy atom. The van der Waals surface area contributed by atoms with Crippen LogP contribution < -0.4 is 15.2 Å². The molecule has 21 heavy (non-hydrogen) atoms. The number of nitrogens with two attached hydrogens (primary N) is 1. The van der Waals surface area contributed by atoms with Crippen molar-refractivity contribution in [2.45, 2.75) is 20.3 Å². The van der Waals surface area contributed by atoms with Crippen LogP contribution >= 0.6 is 12.2 Å². The van der Waals surface area contributed by atoms with E-state index in [0.717, 1.165) is 0 Å². The Morgan fingerprint density at radius 2 is 1.86 bits per heavy atom. The van der Waals surface area contributed by atoms with Crippen LogP contribution in [0.2, 0.25) is 0 Å². The van der Waals surface area contributed by atoms with Crippen molar-refractivity contribution < 1.29 is 14.3 Å². The minimum absolute atomic E-state index is 0.102. The molecule has 0 aliphatic rings. The molecular weight excluding hydrogens is 288 g/mol. The van der Waals surface area contributed by atoms with E-state index in [0.29, 0.717) is 48.2 Å². The number of nitrogens with zero attached hydrogens (tertiary/aromatic N) is 1. The van der Waals surface area contributed by atoms with Gasteiger partial charge in [0.15, 0.2) is 11.5 Å². The Bertz CT molecular complexity index is 506. The molecular formula is C15H22N2O3S.